The number of hydrogen-bond acceptors (Lipinski definition) is 7. The van der Waals surface area contributed by atoms with Crippen molar-refractivity contribution in [1.82, 2.24) is 15.1 Å². The minimum Gasteiger partial charge on any atom is -0.472 e. The van der Waals surface area contributed by atoms with E-state index in [-0.39, 0.29) is 48.3 Å². The van der Waals surface area contributed by atoms with Gasteiger partial charge >= 0.3 is 12.0 Å². The summed E-state index contributed by atoms with van der Waals surface area (Å²) in [5, 5.41) is 5.92. The third-order valence-electron chi connectivity index (χ3n) is 7.01. The standard InChI is InChI=1S/C28H29FN4O6/c29-24-14-22(32-16-23(39-28(32)36)15-31-27(35)21-8-13-37-18-21)6-7-25(24)33(11-9-30-10-12-33)26(34)19-38-17-20-4-2-1-3-5-20/h1-8,13-14,18,23,30H,9-12,15-17,19H2/p+1/t23-/m0/s1. The smallest absolute Gasteiger partial charge is 0.414 e. The number of piperazine rings is 1. The van der Waals surface area contributed by atoms with Crippen LogP contribution in [0.3, 0.4) is 0 Å². The lowest BCUT2D eigenvalue weighted by Crippen LogP contribution is -2.64. The SMILES string of the molecule is O=C(NC[C@H]1CN(c2ccc([N+]3(C(=O)COCc4ccccc4)CCNCC3)c(F)c2)C(=O)O1)c1ccoc1. The molecule has 0 saturated carbocycles. The van der Waals surface area contributed by atoms with E-state index in [0.29, 0.717) is 37.4 Å². The van der Waals surface area contributed by atoms with Crippen molar-refractivity contribution in [2.75, 3.05) is 50.8 Å². The number of furan rings is 1. The molecule has 2 aromatic carbocycles. The first kappa shape index (κ1) is 26.5. The Morgan fingerprint density at radius 3 is 2.64 bits per heavy atom. The van der Waals surface area contributed by atoms with E-state index in [4.69, 9.17) is 13.9 Å². The number of halogens is 1. The van der Waals surface area contributed by atoms with Crippen molar-refractivity contribution in [2.45, 2.75) is 12.7 Å². The number of quaternary nitrogens is 1. The highest BCUT2D eigenvalue weighted by atomic mass is 19.1. The van der Waals surface area contributed by atoms with Gasteiger partial charge in [0.2, 0.25) is 0 Å². The van der Waals surface area contributed by atoms with Crippen LogP contribution in [0.4, 0.5) is 20.6 Å². The van der Waals surface area contributed by atoms with E-state index in [1.54, 1.807) is 12.1 Å². The molecule has 204 valence electrons. The van der Waals surface area contributed by atoms with Crippen LogP contribution >= 0.6 is 0 Å². The first-order chi connectivity index (χ1) is 19.0. The number of hydrogen-bond donors (Lipinski definition) is 2. The van der Waals surface area contributed by atoms with Crippen LogP contribution in [-0.4, -0.2) is 69.9 Å². The summed E-state index contributed by atoms with van der Waals surface area (Å²) in [5.74, 6) is -1.17. The molecule has 1 atom stereocenters. The summed E-state index contributed by atoms with van der Waals surface area (Å²) in [6, 6.07) is 15.5. The number of amides is 3. The fraction of sp³-hybridized carbons (Fsp3) is 0.321. The summed E-state index contributed by atoms with van der Waals surface area (Å²) in [4.78, 5) is 39.4. The molecule has 2 fully saturated rings. The Bertz CT molecular complexity index is 1310. The zero-order chi connectivity index (χ0) is 27.2. The predicted molar refractivity (Wildman–Crippen MR) is 141 cm³/mol. The van der Waals surface area contributed by atoms with Gasteiger partial charge in [-0.3, -0.25) is 9.69 Å². The van der Waals surface area contributed by atoms with E-state index in [0.717, 1.165) is 5.56 Å². The van der Waals surface area contributed by atoms with E-state index in [9.17, 15) is 14.4 Å². The van der Waals surface area contributed by atoms with Gasteiger partial charge in [-0.15, -0.1) is 0 Å². The molecule has 3 heterocycles. The van der Waals surface area contributed by atoms with Crippen LogP contribution in [0.15, 0.2) is 71.5 Å². The molecular weight excluding hydrogens is 507 g/mol. The fourth-order valence-corrected chi connectivity index (χ4v) is 4.91. The van der Waals surface area contributed by atoms with E-state index < -0.39 is 18.0 Å². The fourth-order valence-electron chi connectivity index (χ4n) is 4.91. The molecule has 2 aliphatic heterocycles. The first-order valence-electron chi connectivity index (χ1n) is 12.8. The monoisotopic (exact) mass is 537 g/mol. The van der Waals surface area contributed by atoms with Crippen LogP contribution in [0.25, 0.3) is 0 Å². The van der Waals surface area contributed by atoms with Gasteiger partial charge in [0.05, 0.1) is 37.2 Å². The number of nitrogens with zero attached hydrogens (tertiary/aromatic N) is 2. The quantitative estimate of drug-likeness (QED) is 0.404. The number of anilines is 1. The second kappa shape index (κ2) is 11.8. The zero-order valence-electron chi connectivity index (χ0n) is 21.3. The van der Waals surface area contributed by atoms with Gasteiger partial charge in [-0.2, -0.15) is 0 Å². The first-order valence-corrected chi connectivity index (χ1v) is 12.8. The number of cyclic esters (lactones) is 1. The van der Waals surface area contributed by atoms with Gasteiger partial charge in [0.15, 0.2) is 18.1 Å². The summed E-state index contributed by atoms with van der Waals surface area (Å²) in [6.45, 7) is 2.24. The van der Waals surface area contributed by atoms with E-state index in [1.165, 1.54) is 29.6 Å². The molecule has 39 heavy (non-hydrogen) atoms. The molecule has 0 unspecified atom stereocenters. The van der Waals surface area contributed by atoms with Gasteiger partial charge in [-0.25, -0.2) is 18.5 Å². The summed E-state index contributed by atoms with van der Waals surface area (Å²) in [7, 11) is 0. The van der Waals surface area contributed by atoms with Crippen molar-refractivity contribution >= 4 is 29.3 Å². The molecule has 2 aliphatic rings. The maximum absolute atomic E-state index is 15.6. The summed E-state index contributed by atoms with van der Waals surface area (Å²) < 4.78 is 31.4. The van der Waals surface area contributed by atoms with Gasteiger partial charge in [-0.1, -0.05) is 30.3 Å². The molecular formula is C28H30FN4O6+. The van der Waals surface area contributed by atoms with Gasteiger partial charge in [-0.05, 0) is 17.7 Å². The lowest BCUT2D eigenvalue weighted by Gasteiger charge is -2.38. The van der Waals surface area contributed by atoms with E-state index in [2.05, 4.69) is 10.6 Å². The normalized spacial score (nSPS) is 18.5. The number of rotatable bonds is 9. The lowest BCUT2D eigenvalue weighted by molar-refractivity contribution is -0.136. The minimum absolute atomic E-state index is 0.0945. The average molecular weight is 538 g/mol. The number of carbonyl (C=O) groups excluding carboxylic acids is 3. The number of nitrogens with one attached hydrogen (secondary N) is 2. The van der Waals surface area contributed by atoms with Gasteiger partial charge < -0.3 is 24.5 Å². The molecule has 0 radical (unpaired) electrons. The molecule has 3 aromatic rings. The van der Waals surface area contributed by atoms with Gasteiger partial charge in [0.25, 0.3) is 5.91 Å². The molecule has 2 saturated heterocycles. The van der Waals surface area contributed by atoms with E-state index >= 15 is 4.39 Å². The Balaban J connectivity index is 1.26. The highest BCUT2D eigenvalue weighted by molar-refractivity contribution is 5.94. The van der Waals surface area contributed by atoms with Crippen molar-refractivity contribution in [3.8, 4) is 0 Å². The molecule has 0 aliphatic carbocycles. The minimum atomic E-state index is -0.638. The lowest BCUT2D eigenvalue weighted by atomic mass is 10.1. The summed E-state index contributed by atoms with van der Waals surface area (Å²) >= 11 is 0. The van der Waals surface area contributed by atoms with Crippen LogP contribution in [0, 0.1) is 5.82 Å². The Morgan fingerprint density at radius 1 is 1.13 bits per heavy atom. The molecule has 2 N–H and O–H groups in total. The predicted octanol–water partition coefficient (Wildman–Crippen LogP) is 2.83. The van der Waals surface area contributed by atoms with Crippen molar-refractivity contribution in [1.29, 1.82) is 0 Å². The van der Waals surface area contributed by atoms with Crippen molar-refractivity contribution in [3.05, 3.63) is 84.1 Å². The van der Waals surface area contributed by atoms with Gasteiger partial charge in [0, 0.05) is 25.2 Å². The van der Waals surface area contributed by atoms with Crippen LogP contribution < -0.4 is 20.0 Å². The topological polar surface area (TPSA) is 110 Å². The Morgan fingerprint density at radius 2 is 1.92 bits per heavy atom. The number of ether oxygens (including phenoxy) is 2. The maximum atomic E-state index is 15.6. The molecule has 3 amide bonds. The molecule has 1 aromatic heterocycles. The number of benzene rings is 2. The maximum Gasteiger partial charge on any atom is 0.414 e. The van der Waals surface area contributed by atoms with Crippen molar-refractivity contribution in [3.63, 3.8) is 0 Å². The zero-order valence-corrected chi connectivity index (χ0v) is 21.3. The number of carbonyl (C=O) groups is 3. The van der Waals surface area contributed by atoms with Crippen LogP contribution in [0.5, 0.6) is 0 Å². The Hall–Kier alpha value is -4.06. The van der Waals surface area contributed by atoms with Crippen molar-refractivity contribution in [2.24, 2.45) is 0 Å². The third kappa shape index (κ3) is 5.85. The van der Waals surface area contributed by atoms with Gasteiger partial charge in [0.1, 0.15) is 25.5 Å². The molecule has 11 heteroatoms. The van der Waals surface area contributed by atoms with E-state index in [1.807, 2.05) is 30.3 Å². The highest BCUT2D eigenvalue weighted by Gasteiger charge is 2.43. The largest absolute Gasteiger partial charge is 0.472 e. The second-order valence-electron chi connectivity index (χ2n) is 9.51. The van der Waals surface area contributed by atoms with Crippen LogP contribution in [0.2, 0.25) is 0 Å². The average Bonchev–Trinajstić information content (AvgIpc) is 3.63. The Labute approximate surface area is 224 Å². The summed E-state index contributed by atoms with van der Waals surface area (Å²) in [6.07, 6.45) is 1.47. The third-order valence-corrected chi connectivity index (χ3v) is 7.01. The Kier molecular flexibility index (Phi) is 8.01. The highest BCUT2D eigenvalue weighted by Crippen LogP contribution is 2.32. The van der Waals surface area contributed by atoms with Crippen molar-refractivity contribution < 1.29 is 32.7 Å². The van der Waals surface area contributed by atoms with Crippen LogP contribution in [-0.2, 0) is 20.9 Å². The van der Waals surface area contributed by atoms with Crippen LogP contribution in [0.1, 0.15) is 15.9 Å². The second-order valence-corrected chi connectivity index (χ2v) is 9.51. The molecule has 0 bridgehead atoms. The molecule has 0 spiro atoms. The summed E-state index contributed by atoms with van der Waals surface area (Å²) in [5.41, 5.74) is 1.86. The molecule has 10 nitrogen and oxygen atoms in total. The molecule has 5 rings (SSSR count).